The molecule has 1 unspecified atom stereocenters. The van der Waals surface area contributed by atoms with E-state index >= 15 is 0 Å². The van der Waals surface area contributed by atoms with Gasteiger partial charge in [0.1, 0.15) is 0 Å². The van der Waals surface area contributed by atoms with Gasteiger partial charge in [-0.2, -0.15) is 0 Å². The first-order valence-electron chi connectivity index (χ1n) is 6.55. The molecule has 0 aromatic carbocycles. The lowest BCUT2D eigenvalue weighted by molar-refractivity contribution is -0.124. The Morgan fingerprint density at radius 1 is 1.12 bits per heavy atom. The maximum atomic E-state index is 11.8. The van der Waals surface area contributed by atoms with Crippen LogP contribution in [0.2, 0.25) is 0 Å². The highest BCUT2D eigenvalue weighted by Crippen LogP contribution is 2.23. The standard InChI is InChI=1S/C12H21NO3S/c14-12(11-6-7-17(15,16)9-11)13-8-10-4-2-1-3-5-10/h10-11H,1-9H2,(H,13,14). The summed E-state index contributed by atoms with van der Waals surface area (Å²) in [6.07, 6.45) is 6.73. The van der Waals surface area contributed by atoms with Crippen LogP contribution in [0, 0.1) is 11.8 Å². The van der Waals surface area contributed by atoms with Gasteiger partial charge in [0, 0.05) is 6.54 Å². The molecule has 0 aromatic rings. The van der Waals surface area contributed by atoms with E-state index in [1.807, 2.05) is 0 Å². The molecule has 2 aliphatic rings. The van der Waals surface area contributed by atoms with E-state index in [0.29, 0.717) is 12.3 Å². The molecule has 4 nitrogen and oxygen atoms in total. The molecule has 0 bridgehead atoms. The number of carbonyl (C=O) groups is 1. The second-order valence-electron chi connectivity index (χ2n) is 5.35. The Kier molecular flexibility index (Phi) is 4.07. The number of amides is 1. The van der Waals surface area contributed by atoms with Crippen molar-refractivity contribution < 1.29 is 13.2 Å². The number of nitrogens with one attached hydrogen (secondary N) is 1. The molecule has 1 amide bonds. The van der Waals surface area contributed by atoms with E-state index in [0.717, 1.165) is 6.54 Å². The molecule has 1 atom stereocenters. The molecule has 1 saturated heterocycles. The normalized spacial score (nSPS) is 29.1. The topological polar surface area (TPSA) is 63.2 Å². The molecule has 0 aromatic heterocycles. The van der Waals surface area contributed by atoms with Crippen LogP contribution in [0.25, 0.3) is 0 Å². The van der Waals surface area contributed by atoms with E-state index < -0.39 is 9.84 Å². The minimum atomic E-state index is -2.94. The minimum Gasteiger partial charge on any atom is -0.356 e. The minimum absolute atomic E-state index is 0.0451. The van der Waals surface area contributed by atoms with Crippen molar-refractivity contribution in [3.8, 4) is 0 Å². The average molecular weight is 259 g/mol. The fraction of sp³-hybridized carbons (Fsp3) is 0.917. The molecule has 1 N–H and O–H groups in total. The third kappa shape index (κ3) is 3.69. The zero-order valence-corrected chi connectivity index (χ0v) is 11.0. The molecule has 0 spiro atoms. The molecule has 2 fully saturated rings. The fourth-order valence-corrected chi connectivity index (χ4v) is 4.52. The van der Waals surface area contributed by atoms with Crippen LogP contribution in [-0.2, 0) is 14.6 Å². The lowest BCUT2D eigenvalue weighted by Crippen LogP contribution is -2.35. The lowest BCUT2D eigenvalue weighted by atomic mass is 9.89. The van der Waals surface area contributed by atoms with E-state index in [9.17, 15) is 13.2 Å². The third-order valence-electron chi connectivity index (χ3n) is 3.89. The highest BCUT2D eigenvalue weighted by Gasteiger charge is 2.32. The Bertz CT molecular complexity index is 371. The van der Waals surface area contributed by atoms with Crippen molar-refractivity contribution in [2.45, 2.75) is 38.5 Å². The monoisotopic (exact) mass is 259 g/mol. The first kappa shape index (κ1) is 12.9. The van der Waals surface area contributed by atoms with Gasteiger partial charge in [0.15, 0.2) is 9.84 Å². The van der Waals surface area contributed by atoms with Crippen molar-refractivity contribution in [2.24, 2.45) is 11.8 Å². The number of sulfone groups is 1. The molecule has 5 heteroatoms. The first-order valence-corrected chi connectivity index (χ1v) is 8.37. The van der Waals surface area contributed by atoms with Crippen LogP contribution in [0.15, 0.2) is 0 Å². The summed E-state index contributed by atoms with van der Waals surface area (Å²) in [6, 6.07) is 0. The van der Waals surface area contributed by atoms with Gasteiger partial charge in [-0.25, -0.2) is 8.42 Å². The molecule has 1 heterocycles. The van der Waals surface area contributed by atoms with Crippen LogP contribution in [0.4, 0.5) is 0 Å². The van der Waals surface area contributed by atoms with Gasteiger partial charge in [-0.15, -0.1) is 0 Å². The maximum absolute atomic E-state index is 11.8. The van der Waals surface area contributed by atoms with Gasteiger partial charge in [0.05, 0.1) is 17.4 Å². The molecule has 1 saturated carbocycles. The molecule has 1 aliphatic carbocycles. The van der Waals surface area contributed by atoms with Crippen molar-refractivity contribution >= 4 is 15.7 Å². The summed E-state index contributed by atoms with van der Waals surface area (Å²) in [5.74, 6) is 0.462. The van der Waals surface area contributed by atoms with E-state index in [-0.39, 0.29) is 23.3 Å². The van der Waals surface area contributed by atoms with Gasteiger partial charge in [0.2, 0.25) is 5.91 Å². The Morgan fingerprint density at radius 2 is 1.82 bits per heavy atom. The van der Waals surface area contributed by atoms with Crippen molar-refractivity contribution in [3.05, 3.63) is 0 Å². The molecule has 2 rings (SSSR count). The third-order valence-corrected chi connectivity index (χ3v) is 5.66. The van der Waals surface area contributed by atoms with Gasteiger partial charge < -0.3 is 5.32 Å². The van der Waals surface area contributed by atoms with E-state index in [1.54, 1.807) is 0 Å². The lowest BCUT2D eigenvalue weighted by Gasteiger charge is -2.22. The predicted octanol–water partition coefficient (Wildman–Crippen LogP) is 1.12. The van der Waals surface area contributed by atoms with E-state index in [4.69, 9.17) is 0 Å². The molecule has 98 valence electrons. The zero-order valence-electron chi connectivity index (χ0n) is 10.2. The Hall–Kier alpha value is -0.580. The summed E-state index contributed by atoms with van der Waals surface area (Å²) < 4.78 is 22.5. The van der Waals surface area contributed by atoms with Gasteiger partial charge in [-0.1, -0.05) is 19.3 Å². The van der Waals surface area contributed by atoms with Gasteiger partial charge in [-0.05, 0) is 25.2 Å². The van der Waals surface area contributed by atoms with Gasteiger partial charge in [0.25, 0.3) is 0 Å². The fourth-order valence-electron chi connectivity index (χ4n) is 2.78. The van der Waals surface area contributed by atoms with Crippen molar-refractivity contribution in [1.82, 2.24) is 5.32 Å². The van der Waals surface area contributed by atoms with Crippen LogP contribution in [0.1, 0.15) is 38.5 Å². The van der Waals surface area contributed by atoms with Crippen molar-refractivity contribution in [2.75, 3.05) is 18.1 Å². The summed E-state index contributed by atoms with van der Waals surface area (Å²) in [7, 11) is -2.94. The maximum Gasteiger partial charge on any atom is 0.224 e. The highest BCUT2D eigenvalue weighted by atomic mass is 32.2. The summed E-state index contributed by atoms with van der Waals surface area (Å²) >= 11 is 0. The number of hydrogen-bond donors (Lipinski definition) is 1. The largest absolute Gasteiger partial charge is 0.356 e. The van der Waals surface area contributed by atoms with Crippen LogP contribution in [0.5, 0.6) is 0 Å². The van der Waals surface area contributed by atoms with Crippen molar-refractivity contribution in [3.63, 3.8) is 0 Å². The van der Waals surface area contributed by atoms with Crippen molar-refractivity contribution in [1.29, 1.82) is 0 Å². The van der Waals surface area contributed by atoms with Crippen LogP contribution < -0.4 is 5.32 Å². The summed E-state index contributed by atoms with van der Waals surface area (Å²) in [5, 5.41) is 2.93. The molecular weight excluding hydrogens is 238 g/mol. The Morgan fingerprint density at radius 3 is 2.41 bits per heavy atom. The molecule has 0 radical (unpaired) electrons. The molecule has 1 aliphatic heterocycles. The number of hydrogen-bond acceptors (Lipinski definition) is 3. The molecule has 17 heavy (non-hydrogen) atoms. The van der Waals surface area contributed by atoms with Gasteiger partial charge >= 0.3 is 0 Å². The predicted molar refractivity (Wildman–Crippen MR) is 66.3 cm³/mol. The number of rotatable bonds is 3. The van der Waals surface area contributed by atoms with Crippen LogP contribution in [-0.4, -0.2) is 32.4 Å². The second kappa shape index (κ2) is 5.38. The van der Waals surface area contributed by atoms with Crippen LogP contribution in [0.3, 0.4) is 0 Å². The quantitative estimate of drug-likeness (QED) is 0.826. The molecular formula is C12H21NO3S. The highest BCUT2D eigenvalue weighted by molar-refractivity contribution is 7.91. The van der Waals surface area contributed by atoms with Crippen LogP contribution >= 0.6 is 0 Å². The smallest absolute Gasteiger partial charge is 0.224 e. The summed E-state index contributed by atoms with van der Waals surface area (Å²) in [4.78, 5) is 11.8. The average Bonchev–Trinajstić information content (AvgIpc) is 2.68. The second-order valence-corrected chi connectivity index (χ2v) is 7.58. The Balaban J connectivity index is 1.74. The summed E-state index contributed by atoms with van der Waals surface area (Å²) in [6.45, 7) is 0.732. The number of carbonyl (C=O) groups excluding carboxylic acids is 1. The SMILES string of the molecule is O=C(NCC1CCCCC1)C1CCS(=O)(=O)C1. The zero-order chi connectivity index (χ0) is 12.3. The Labute approximate surface area is 103 Å². The summed E-state index contributed by atoms with van der Waals surface area (Å²) in [5.41, 5.74) is 0. The first-order chi connectivity index (χ1) is 8.07. The van der Waals surface area contributed by atoms with E-state index in [2.05, 4.69) is 5.32 Å². The van der Waals surface area contributed by atoms with Gasteiger partial charge in [-0.3, -0.25) is 4.79 Å². The van der Waals surface area contributed by atoms with E-state index in [1.165, 1.54) is 32.1 Å².